The van der Waals surface area contributed by atoms with Crippen molar-refractivity contribution in [3.8, 4) is 0 Å². The molecule has 0 unspecified atom stereocenters. The summed E-state index contributed by atoms with van der Waals surface area (Å²) in [6.07, 6.45) is -2.72. The minimum Gasteiger partial charge on any atom is -0.475 e. The number of azide groups is 1. The van der Waals surface area contributed by atoms with E-state index < -0.39 is 54.8 Å². The summed E-state index contributed by atoms with van der Waals surface area (Å²) < 4.78 is 25.1. The minimum absolute atomic E-state index is 0.344. The van der Waals surface area contributed by atoms with Crippen LogP contribution in [0.3, 0.4) is 0 Å². The molecule has 0 spiro atoms. The van der Waals surface area contributed by atoms with E-state index in [1.54, 1.807) is 0 Å². The maximum atomic E-state index is 11.9. The molecule has 1 aliphatic rings. The zero-order valence-corrected chi connectivity index (χ0v) is 15.1. The molecule has 0 aliphatic carbocycles. The van der Waals surface area contributed by atoms with Crippen LogP contribution in [0.25, 0.3) is 10.4 Å². The SMILES string of the molecule is COC(=O)C1=C[C@@H](N=[N+]=[N-])[C@@H](OC(C)=O)[C@@H]([C@H](COC(C)=O)OC(C)=O)O1. The number of rotatable bonds is 7. The molecule has 0 amide bonds. The Bertz CT molecular complexity index is 684. The van der Waals surface area contributed by atoms with Gasteiger partial charge in [0.15, 0.2) is 18.3 Å². The Hall–Kier alpha value is -3.27. The van der Waals surface area contributed by atoms with E-state index in [9.17, 15) is 19.2 Å². The fraction of sp³-hybridized carbons (Fsp3) is 0.600. The van der Waals surface area contributed by atoms with Gasteiger partial charge in [-0.2, -0.15) is 0 Å². The Morgan fingerprint density at radius 2 is 1.89 bits per heavy atom. The average Bonchev–Trinajstić information content (AvgIpc) is 2.58. The number of methoxy groups -OCH3 is 1. The van der Waals surface area contributed by atoms with E-state index in [1.165, 1.54) is 0 Å². The van der Waals surface area contributed by atoms with Gasteiger partial charge in [0.2, 0.25) is 5.76 Å². The summed E-state index contributed by atoms with van der Waals surface area (Å²) >= 11 is 0. The highest BCUT2D eigenvalue weighted by Crippen LogP contribution is 2.28. The molecule has 27 heavy (non-hydrogen) atoms. The Kier molecular flexibility index (Phi) is 8.08. The molecular formula is C15H19N3O9. The second kappa shape index (κ2) is 10.0. The molecule has 0 saturated heterocycles. The van der Waals surface area contributed by atoms with Crippen LogP contribution < -0.4 is 0 Å². The molecular weight excluding hydrogens is 366 g/mol. The van der Waals surface area contributed by atoms with Crippen molar-refractivity contribution < 1.29 is 42.9 Å². The molecule has 4 atom stereocenters. The average molecular weight is 385 g/mol. The highest BCUT2D eigenvalue weighted by Gasteiger charge is 2.45. The van der Waals surface area contributed by atoms with Gasteiger partial charge in [-0.15, -0.1) is 0 Å². The fourth-order valence-corrected chi connectivity index (χ4v) is 2.30. The van der Waals surface area contributed by atoms with E-state index in [-0.39, 0.29) is 5.76 Å². The maximum Gasteiger partial charge on any atom is 0.372 e. The van der Waals surface area contributed by atoms with Crippen LogP contribution in [0.1, 0.15) is 20.8 Å². The molecule has 12 nitrogen and oxygen atoms in total. The first-order valence-corrected chi connectivity index (χ1v) is 7.68. The largest absolute Gasteiger partial charge is 0.475 e. The highest BCUT2D eigenvalue weighted by atomic mass is 16.6. The van der Waals surface area contributed by atoms with Crippen molar-refractivity contribution in [2.24, 2.45) is 5.11 Å². The molecule has 0 bridgehead atoms. The summed E-state index contributed by atoms with van der Waals surface area (Å²) in [7, 11) is 1.10. The van der Waals surface area contributed by atoms with Gasteiger partial charge < -0.3 is 23.7 Å². The van der Waals surface area contributed by atoms with Gasteiger partial charge in [0, 0.05) is 25.7 Å². The summed E-state index contributed by atoms with van der Waals surface area (Å²) in [6, 6.07) is -1.16. The fourth-order valence-electron chi connectivity index (χ4n) is 2.30. The first-order chi connectivity index (χ1) is 12.7. The molecule has 0 saturated carbocycles. The van der Waals surface area contributed by atoms with Crippen molar-refractivity contribution in [2.45, 2.75) is 45.1 Å². The summed E-state index contributed by atoms with van der Waals surface area (Å²) in [5.41, 5.74) is 8.78. The van der Waals surface area contributed by atoms with Gasteiger partial charge in [-0.3, -0.25) is 14.4 Å². The number of carbonyl (C=O) groups is 4. The minimum atomic E-state index is -1.31. The Morgan fingerprint density at radius 1 is 1.22 bits per heavy atom. The first kappa shape index (κ1) is 21.8. The molecule has 0 aromatic rings. The standard InChI is InChI=1S/C15H19N3O9/c1-7(19)24-6-12(25-8(2)20)14-13(26-9(3)21)10(17-18-16)5-11(27-14)15(22)23-4/h5,10,12-14H,6H2,1-4H3/t10-,12+,13-,14-/m1/s1. The van der Waals surface area contributed by atoms with E-state index in [1.807, 2.05) is 0 Å². The molecule has 0 N–H and O–H groups in total. The molecule has 1 rings (SSSR count). The van der Waals surface area contributed by atoms with E-state index in [4.69, 9.17) is 24.5 Å². The van der Waals surface area contributed by atoms with Gasteiger partial charge in [0.25, 0.3) is 0 Å². The van der Waals surface area contributed by atoms with Crippen molar-refractivity contribution in [3.05, 3.63) is 22.3 Å². The summed E-state index contributed by atoms with van der Waals surface area (Å²) in [5, 5.41) is 3.48. The molecule has 1 aliphatic heterocycles. The van der Waals surface area contributed by atoms with Crippen LogP contribution >= 0.6 is 0 Å². The van der Waals surface area contributed by atoms with Gasteiger partial charge >= 0.3 is 23.9 Å². The Balaban J connectivity index is 3.34. The van der Waals surface area contributed by atoms with E-state index >= 15 is 0 Å². The van der Waals surface area contributed by atoms with E-state index in [0.717, 1.165) is 34.0 Å². The lowest BCUT2D eigenvalue weighted by Gasteiger charge is -2.37. The van der Waals surface area contributed by atoms with Crippen molar-refractivity contribution in [1.82, 2.24) is 0 Å². The lowest BCUT2D eigenvalue weighted by atomic mass is 9.97. The summed E-state index contributed by atoms with van der Waals surface area (Å²) in [6.45, 7) is 2.90. The normalized spacial score (nSPS) is 22.1. The van der Waals surface area contributed by atoms with Crippen LogP contribution in [0.2, 0.25) is 0 Å². The number of ether oxygens (including phenoxy) is 5. The van der Waals surface area contributed by atoms with Crippen LogP contribution in [-0.4, -0.2) is 61.9 Å². The first-order valence-electron chi connectivity index (χ1n) is 7.68. The molecule has 148 valence electrons. The van der Waals surface area contributed by atoms with Gasteiger partial charge in [-0.05, 0) is 11.6 Å². The van der Waals surface area contributed by atoms with Gasteiger partial charge in [-0.25, -0.2) is 4.79 Å². The zero-order chi connectivity index (χ0) is 20.6. The quantitative estimate of drug-likeness (QED) is 0.200. The van der Waals surface area contributed by atoms with Crippen molar-refractivity contribution >= 4 is 23.9 Å². The molecule has 0 fully saturated rings. The van der Waals surface area contributed by atoms with Crippen LogP contribution in [0.4, 0.5) is 0 Å². The van der Waals surface area contributed by atoms with Crippen LogP contribution in [0, 0.1) is 0 Å². The number of hydrogen-bond donors (Lipinski definition) is 0. The third kappa shape index (κ3) is 6.51. The van der Waals surface area contributed by atoms with Gasteiger partial charge in [-0.1, -0.05) is 5.11 Å². The molecule has 12 heteroatoms. The topological polar surface area (TPSA) is 163 Å². The Labute approximate surface area is 154 Å². The summed E-state index contributed by atoms with van der Waals surface area (Å²) in [5.74, 6) is -3.39. The lowest BCUT2D eigenvalue weighted by molar-refractivity contribution is -0.183. The predicted octanol–water partition coefficient (Wildman–Crippen LogP) is 0.547. The third-order valence-electron chi connectivity index (χ3n) is 3.25. The molecule has 0 radical (unpaired) electrons. The lowest BCUT2D eigenvalue weighted by Crippen LogP contribution is -2.53. The third-order valence-corrected chi connectivity index (χ3v) is 3.25. The molecule has 0 aromatic heterocycles. The number of nitrogens with zero attached hydrogens (tertiary/aromatic N) is 3. The Morgan fingerprint density at radius 3 is 2.37 bits per heavy atom. The van der Waals surface area contributed by atoms with E-state index in [2.05, 4.69) is 14.8 Å². The number of carbonyl (C=O) groups excluding carboxylic acids is 4. The van der Waals surface area contributed by atoms with Crippen molar-refractivity contribution in [1.29, 1.82) is 0 Å². The molecule has 0 aromatic carbocycles. The smallest absolute Gasteiger partial charge is 0.372 e. The highest BCUT2D eigenvalue weighted by molar-refractivity contribution is 5.86. The number of hydrogen-bond acceptors (Lipinski definition) is 10. The van der Waals surface area contributed by atoms with Gasteiger partial charge in [0.1, 0.15) is 12.6 Å². The maximum absolute atomic E-state index is 11.9. The summed E-state index contributed by atoms with van der Waals surface area (Å²) in [4.78, 5) is 48.5. The van der Waals surface area contributed by atoms with Gasteiger partial charge in [0.05, 0.1) is 7.11 Å². The van der Waals surface area contributed by atoms with Crippen LogP contribution in [0.5, 0.6) is 0 Å². The zero-order valence-electron chi connectivity index (χ0n) is 15.1. The van der Waals surface area contributed by atoms with Crippen LogP contribution in [0.15, 0.2) is 16.9 Å². The predicted molar refractivity (Wildman–Crippen MR) is 85.6 cm³/mol. The monoisotopic (exact) mass is 385 g/mol. The second-order valence-electron chi connectivity index (χ2n) is 5.32. The number of esters is 4. The van der Waals surface area contributed by atoms with Crippen molar-refractivity contribution in [3.63, 3.8) is 0 Å². The van der Waals surface area contributed by atoms with Crippen LogP contribution in [-0.2, 0) is 42.9 Å². The second-order valence-corrected chi connectivity index (χ2v) is 5.32. The van der Waals surface area contributed by atoms with Crippen molar-refractivity contribution in [2.75, 3.05) is 13.7 Å². The van der Waals surface area contributed by atoms with E-state index in [0.29, 0.717) is 0 Å². The molecule has 1 heterocycles.